The van der Waals surface area contributed by atoms with Gasteiger partial charge in [0, 0.05) is 33.0 Å². The van der Waals surface area contributed by atoms with Crippen molar-refractivity contribution in [2.45, 2.75) is 44.9 Å². The van der Waals surface area contributed by atoms with Crippen LogP contribution in [0.1, 0.15) is 31.4 Å². The van der Waals surface area contributed by atoms with E-state index < -0.39 is 17.4 Å². The van der Waals surface area contributed by atoms with Crippen LogP contribution in [-0.2, 0) is 22.5 Å². The summed E-state index contributed by atoms with van der Waals surface area (Å²) in [5.74, 6) is 0.320. The number of ether oxygens (including phenoxy) is 4. The molecule has 1 aliphatic heterocycles. The minimum atomic E-state index is -1.42. The van der Waals surface area contributed by atoms with E-state index in [2.05, 4.69) is 0 Å². The summed E-state index contributed by atoms with van der Waals surface area (Å²) in [7, 11) is 3.45. The summed E-state index contributed by atoms with van der Waals surface area (Å²) in [5, 5.41) is 0. The Labute approximate surface area is 240 Å². The zero-order valence-electron chi connectivity index (χ0n) is 24.0. The van der Waals surface area contributed by atoms with E-state index in [1.54, 1.807) is 38.0 Å². The Hall–Kier alpha value is -4.27. The number of nitrogens with zero attached hydrogens (tertiary/aromatic N) is 2. The molecule has 2 atom stereocenters. The summed E-state index contributed by atoms with van der Waals surface area (Å²) in [6, 6.07) is 21.1. The van der Waals surface area contributed by atoms with E-state index in [-0.39, 0.29) is 30.9 Å². The van der Waals surface area contributed by atoms with Gasteiger partial charge in [0.05, 0.1) is 26.4 Å². The molecule has 3 aromatic carbocycles. The molecule has 8 nitrogen and oxygen atoms in total. The lowest BCUT2D eigenvalue weighted by Gasteiger charge is -2.28. The number of likely N-dealkylation sites (N-methyl/N-ethyl adjacent to an activating group) is 1. The van der Waals surface area contributed by atoms with Crippen LogP contribution in [0.2, 0.25) is 0 Å². The van der Waals surface area contributed by atoms with Gasteiger partial charge in [0.15, 0.2) is 11.6 Å². The fourth-order valence-electron chi connectivity index (χ4n) is 4.81. The minimum Gasteiger partial charge on any atom is -0.497 e. The van der Waals surface area contributed by atoms with Crippen molar-refractivity contribution in [1.82, 2.24) is 9.80 Å². The van der Waals surface area contributed by atoms with Crippen molar-refractivity contribution < 1.29 is 32.9 Å². The van der Waals surface area contributed by atoms with Gasteiger partial charge < -0.3 is 28.7 Å². The summed E-state index contributed by atoms with van der Waals surface area (Å²) >= 11 is 0. The van der Waals surface area contributed by atoms with Gasteiger partial charge in [-0.05, 0) is 61.4 Å². The first-order valence-electron chi connectivity index (χ1n) is 13.7. The van der Waals surface area contributed by atoms with Crippen molar-refractivity contribution in [3.63, 3.8) is 0 Å². The number of halogens is 1. The lowest BCUT2D eigenvalue weighted by Crippen LogP contribution is -2.45. The zero-order chi connectivity index (χ0) is 29.4. The number of hydrogen-bond donors (Lipinski definition) is 0. The van der Waals surface area contributed by atoms with Gasteiger partial charge in [-0.3, -0.25) is 0 Å². The standard InChI is InChI=1S/C32H37FN2O6/c1-5-39-30(36)32(2,41-29-9-7-6-8-28(29)33)20-23-10-16-27(17-11-23)40-19-18-25-22-35(31(37)34(25)3)21-24-12-14-26(38-4)15-13-24/h6-17,25H,5,18-22H2,1-4H3/t25-,32-/m0/s1. The third-order valence-electron chi connectivity index (χ3n) is 7.15. The number of rotatable bonds is 13. The Kier molecular flexibility index (Phi) is 9.70. The maximum Gasteiger partial charge on any atom is 0.350 e. The monoisotopic (exact) mass is 564 g/mol. The average molecular weight is 565 g/mol. The topological polar surface area (TPSA) is 77.5 Å². The van der Waals surface area contributed by atoms with Gasteiger partial charge in [-0.1, -0.05) is 36.4 Å². The second-order valence-corrected chi connectivity index (χ2v) is 10.2. The molecule has 1 aliphatic rings. The van der Waals surface area contributed by atoms with E-state index >= 15 is 0 Å². The van der Waals surface area contributed by atoms with E-state index in [1.807, 2.05) is 60.5 Å². The van der Waals surface area contributed by atoms with Crippen molar-refractivity contribution in [3.05, 3.63) is 89.7 Å². The molecule has 0 saturated carbocycles. The molecule has 0 spiro atoms. The van der Waals surface area contributed by atoms with Crippen molar-refractivity contribution in [1.29, 1.82) is 0 Å². The van der Waals surface area contributed by atoms with Crippen molar-refractivity contribution in [2.75, 3.05) is 33.9 Å². The number of esters is 1. The van der Waals surface area contributed by atoms with Crippen LogP contribution in [0, 0.1) is 5.82 Å². The third kappa shape index (κ3) is 7.48. The Morgan fingerprint density at radius 3 is 2.32 bits per heavy atom. The molecule has 1 fully saturated rings. The Balaban J connectivity index is 1.31. The fraction of sp³-hybridized carbons (Fsp3) is 0.375. The number of carbonyl (C=O) groups is 2. The maximum absolute atomic E-state index is 14.3. The molecule has 218 valence electrons. The highest BCUT2D eigenvalue weighted by atomic mass is 19.1. The predicted octanol–water partition coefficient (Wildman–Crippen LogP) is 5.48. The van der Waals surface area contributed by atoms with Gasteiger partial charge in [-0.15, -0.1) is 0 Å². The molecular weight excluding hydrogens is 527 g/mol. The highest BCUT2D eigenvalue weighted by molar-refractivity contribution is 5.80. The van der Waals surface area contributed by atoms with Crippen LogP contribution in [-0.4, -0.2) is 67.4 Å². The van der Waals surface area contributed by atoms with E-state index in [0.717, 1.165) is 16.9 Å². The fourth-order valence-corrected chi connectivity index (χ4v) is 4.81. The quantitative estimate of drug-likeness (QED) is 0.256. The van der Waals surface area contributed by atoms with Gasteiger partial charge in [-0.2, -0.15) is 0 Å². The molecule has 41 heavy (non-hydrogen) atoms. The minimum absolute atomic E-state index is 0.00239. The molecule has 2 amide bonds. The van der Waals surface area contributed by atoms with Crippen LogP contribution >= 0.6 is 0 Å². The third-order valence-corrected chi connectivity index (χ3v) is 7.15. The van der Waals surface area contributed by atoms with Crippen LogP contribution in [0.25, 0.3) is 0 Å². The molecule has 0 radical (unpaired) electrons. The number of hydrogen-bond acceptors (Lipinski definition) is 6. The molecule has 3 aromatic rings. The van der Waals surface area contributed by atoms with Crippen LogP contribution in [0.3, 0.4) is 0 Å². The first kappa shape index (κ1) is 29.7. The first-order valence-corrected chi connectivity index (χ1v) is 13.7. The molecule has 4 rings (SSSR count). The molecule has 0 unspecified atom stereocenters. The van der Waals surface area contributed by atoms with Gasteiger partial charge in [0.2, 0.25) is 5.60 Å². The lowest BCUT2D eigenvalue weighted by atomic mass is 9.96. The van der Waals surface area contributed by atoms with Crippen molar-refractivity contribution in [2.24, 2.45) is 0 Å². The number of amides is 2. The SMILES string of the molecule is CCOC(=O)[C@](C)(Cc1ccc(OCC[C@H]2CN(Cc3ccc(OC)cc3)C(=O)N2C)cc1)Oc1ccccc1F. The van der Waals surface area contributed by atoms with Crippen molar-refractivity contribution >= 4 is 12.0 Å². The van der Waals surface area contributed by atoms with Crippen molar-refractivity contribution in [3.8, 4) is 17.2 Å². The highest BCUT2D eigenvalue weighted by Crippen LogP contribution is 2.27. The van der Waals surface area contributed by atoms with E-state index in [1.165, 1.54) is 12.1 Å². The molecule has 1 saturated heterocycles. The molecule has 0 aromatic heterocycles. The van der Waals surface area contributed by atoms with Gasteiger partial charge in [0.1, 0.15) is 11.5 Å². The molecule has 0 bridgehead atoms. The number of benzene rings is 3. The van der Waals surface area contributed by atoms with Gasteiger partial charge in [0.25, 0.3) is 0 Å². The van der Waals surface area contributed by atoms with E-state index in [4.69, 9.17) is 18.9 Å². The Morgan fingerprint density at radius 1 is 1.00 bits per heavy atom. The average Bonchev–Trinajstić information content (AvgIpc) is 3.23. The van der Waals surface area contributed by atoms with Crippen LogP contribution in [0.15, 0.2) is 72.8 Å². The molecule has 1 heterocycles. The second-order valence-electron chi connectivity index (χ2n) is 10.2. The van der Waals surface area contributed by atoms with Gasteiger partial charge >= 0.3 is 12.0 Å². The maximum atomic E-state index is 14.3. The Bertz CT molecular complexity index is 1320. The predicted molar refractivity (Wildman–Crippen MR) is 153 cm³/mol. The van der Waals surface area contributed by atoms with Crippen LogP contribution < -0.4 is 14.2 Å². The van der Waals surface area contributed by atoms with Gasteiger partial charge in [-0.25, -0.2) is 14.0 Å². The van der Waals surface area contributed by atoms with E-state index in [9.17, 15) is 14.0 Å². The summed E-state index contributed by atoms with van der Waals surface area (Å²) in [6.07, 6.45) is 0.861. The summed E-state index contributed by atoms with van der Waals surface area (Å²) in [5.41, 5.74) is 0.431. The number of para-hydroxylation sites is 1. The lowest BCUT2D eigenvalue weighted by molar-refractivity contribution is -0.160. The molecule has 0 N–H and O–H groups in total. The Morgan fingerprint density at radius 2 is 1.66 bits per heavy atom. The second kappa shape index (κ2) is 13.4. The first-order chi connectivity index (χ1) is 19.7. The smallest absolute Gasteiger partial charge is 0.350 e. The molecule has 0 aliphatic carbocycles. The van der Waals surface area contributed by atoms with Crippen LogP contribution in [0.5, 0.6) is 17.2 Å². The molecule has 9 heteroatoms. The van der Waals surface area contributed by atoms with E-state index in [0.29, 0.717) is 31.9 Å². The highest BCUT2D eigenvalue weighted by Gasteiger charge is 2.38. The normalized spacial score (nSPS) is 16.3. The number of methoxy groups -OCH3 is 1. The summed E-state index contributed by atoms with van der Waals surface area (Å²) < 4.78 is 36.5. The summed E-state index contributed by atoms with van der Waals surface area (Å²) in [6.45, 7) is 5.09. The zero-order valence-corrected chi connectivity index (χ0v) is 24.0. The summed E-state index contributed by atoms with van der Waals surface area (Å²) in [4.78, 5) is 29.2. The van der Waals surface area contributed by atoms with Crippen LogP contribution in [0.4, 0.5) is 9.18 Å². The number of carbonyl (C=O) groups excluding carboxylic acids is 2. The largest absolute Gasteiger partial charge is 0.497 e. The molecular formula is C32H37FN2O6. The number of urea groups is 1.